The third-order valence-electron chi connectivity index (χ3n) is 7.12. The van der Waals surface area contributed by atoms with Crippen LogP contribution in [0, 0.1) is 0 Å². The minimum atomic E-state index is -2.04. The molecule has 57 heavy (non-hydrogen) atoms. The molecule has 320 valence electrons. The number of carboxylic acids is 1. The van der Waals surface area contributed by atoms with Gasteiger partial charge in [0.05, 0.1) is 58.2 Å². The van der Waals surface area contributed by atoms with E-state index in [4.69, 9.17) is 38.9 Å². The van der Waals surface area contributed by atoms with Crippen LogP contribution in [0.4, 0.5) is 0 Å². The average Bonchev–Trinajstić information content (AvgIpc) is 3.11. The fourth-order valence-electron chi connectivity index (χ4n) is 4.22. The molecule has 11 amide bonds. The van der Waals surface area contributed by atoms with E-state index in [9.17, 15) is 72.9 Å². The molecule has 0 fully saturated rings. The zero-order chi connectivity index (χ0) is 44.2. The number of hydrogen-bond donors (Lipinski definition) is 17. The highest BCUT2D eigenvalue weighted by Crippen LogP contribution is 2.02. The predicted molar refractivity (Wildman–Crippen MR) is 183 cm³/mol. The number of carbonyl (C=O) groups excluding carboxylic acids is 11. The summed E-state index contributed by atoms with van der Waals surface area (Å²) in [6, 6.07) is -15.2. The first-order valence-electron chi connectivity index (χ1n) is 16.2. The van der Waals surface area contributed by atoms with Crippen molar-refractivity contribution in [3.05, 3.63) is 0 Å². The molecular formula is C28H46N12O17. The molecule has 0 aromatic carbocycles. The van der Waals surface area contributed by atoms with Gasteiger partial charge in [0.15, 0.2) is 0 Å². The Morgan fingerprint density at radius 3 is 0.789 bits per heavy atom. The maximum atomic E-state index is 13.1. The van der Waals surface area contributed by atoms with Gasteiger partial charge in [0.1, 0.15) is 42.3 Å². The number of rotatable bonds is 27. The summed E-state index contributed by atoms with van der Waals surface area (Å²) in [5.41, 5.74) is 25.8. The Labute approximate surface area is 320 Å². The monoisotopic (exact) mass is 822 g/mol. The Morgan fingerprint density at radius 2 is 0.561 bits per heavy atom. The quantitative estimate of drug-likeness (QED) is 0.0366. The largest absolute Gasteiger partial charge is 0.480 e. The first-order valence-corrected chi connectivity index (χ1v) is 16.2. The van der Waals surface area contributed by atoms with Crippen LogP contribution in [0.25, 0.3) is 0 Å². The lowest BCUT2D eigenvalue weighted by molar-refractivity contribution is -0.143. The van der Waals surface area contributed by atoms with Gasteiger partial charge in [0, 0.05) is 0 Å². The SMILES string of the molecule is NC(=O)C[C@H](NC(=O)[C@H](CO)NC(=O)[C@H](CC(N)=O)NC(=O)[C@H](CO)NC(=O)[C@H](CC(N)=O)NC(=O)[C@H](CO)NC(=O)[C@@H](N)CC(N)=O)C(=O)N[C@@H](CO)C(=O)O. The number of aliphatic hydroxyl groups excluding tert-OH is 4. The van der Waals surface area contributed by atoms with Crippen molar-refractivity contribution in [2.75, 3.05) is 26.4 Å². The third-order valence-corrected chi connectivity index (χ3v) is 7.12. The van der Waals surface area contributed by atoms with E-state index in [2.05, 4.69) is 0 Å². The van der Waals surface area contributed by atoms with Crippen molar-refractivity contribution >= 4 is 70.9 Å². The molecule has 0 aromatic heterocycles. The second-order valence-electron chi connectivity index (χ2n) is 11.8. The molecule has 0 aliphatic heterocycles. The number of carboxylic acid groups (broad SMARTS) is 1. The molecule has 0 rings (SSSR count). The molecular weight excluding hydrogens is 776 g/mol. The normalized spacial score (nSPS) is 14.9. The molecule has 0 aromatic rings. The van der Waals surface area contributed by atoms with Crippen molar-refractivity contribution in [3.63, 3.8) is 0 Å². The lowest BCUT2D eigenvalue weighted by Crippen LogP contribution is -2.62. The number of amides is 11. The summed E-state index contributed by atoms with van der Waals surface area (Å²) >= 11 is 0. The minimum absolute atomic E-state index is 0.647. The highest BCUT2D eigenvalue weighted by Gasteiger charge is 2.35. The summed E-state index contributed by atoms with van der Waals surface area (Å²) in [5, 5.41) is 60.9. The number of aliphatic hydroxyl groups is 4. The van der Waals surface area contributed by atoms with Crippen molar-refractivity contribution in [1.29, 1.82) is 0 Å². The van der Waals surface area contributed by atoms with Crippen LogP contribution in [0.5, 0.6) is 0 Å². The number of hydrogen-bond acceptors (Lipinski definition) is 17. The second-order valence-corrected chi connectivity index (χ2v) is 11.8. The number of primary amides is 4. The summed E-state index contributed by atoms with van der Waals surface area (Å²) in [4.78, 5) is 147. The zero-order valence-corrected chi connectivity index (χ0v) is 29.8. The molecule has 0 aliphatic rings. The summed E-state index contributed by atoms with van der Waals surface area (Å²) in [5.74, 6) is -15.7. The fourth-order valence-corrected chi connectivity index (χ4v) is 4.22. The molecule has 22 N–H and O–H groups in total. The van der Waals surface area contributed by atoms with Crippen LogP contribution >= 0.6 is 0 Å². The third kappa shape index (κ3) is 18.6. The van der Waals surface area contributed by atoms with E-state index in [1.807, 2.05) is 37.2 Å². The lowest BCUT2D eigenvalue weighted by atomic mass is 10.1. The molecule has 29 heteroatoms. The van der Waals surface area contributed by atoms with Gasteiger partial charge in [-0.15, -0.1) is 0 Å². The van der Waals surface area contributed by atoms with Crippen molar-refractivity contribution in [2.45, 2.75) is 74.0 Å². The Kier molecular flexibility index (Phi) is 21.9. The van der Waals surface area contributed by atoms with Crippen LogP contribution in [-0.4, -0.2) is 171 Å². The number of aliphatic carboxylic acids is 1. The minimum Gasteiger partial charge on any atom is -0.480 e. The smallest absolute Gasteiger partial charge is 0.328 e. The molecule has 0 saturated heterocycles. The predicted octanol–water partition coefficient (Wildman–Crippen LogP) is -12.7. The maximum absolute atomic E-state index is 13.1. The summed E-state index contributed by atoms with van der Waals surface area (Å²) < 4.78 is 0. The van der Waals surface area contributed by atoms with Gasteiger partial charge in [-0.1, -0.05) is 0 Å². The van der Waals surface area contributed by atoms with E-state index in [0.717, 1.165) is 0 Å². The van der Waals surface area contributed by atoms with E-state index in [1.54, 1.807) is 0 Å². The molecule has 0 unspecified atom stereocenters. The molecule has 0 bridgehead atoms. The highest BCUT2D eigenvalue weighted by molar-refractivity contribution is 6.00. The van der Waals surface area contributed by atoms with Gasteiger partial charge in [-0.2, -0.15) is 0 Å². The Hall–Kier alpha value is -6.56. The Balaban J connectivity index is 6.01. The van der Waals surface area contributed by atoms with E-state index in [1.165, 1.54) is 0 Å². The topological polar surface area (TPSA) is 520 Å². The maximum Gasteiger partial charge on any atom is 0.328 e. The van der Waals surface area contributed by atoms with Gasteiger partial charge in [0.2, 0.25) is 65.0 Å². The van der Waals surface area contributed by atoms with Crippen LogP contribution < -0.4 is 65.9 Å². The molecule has 0 aliphatic carbocycles. The van der Waals surface area contributed by atoms with Gasteiger partial charge in [-0.3, -0.25) is 52.7 Å². The van der Waals surface area contributed by atoms with Gasteiger partial charge in [0.25, 0.3) is 0 Å². The molecule has 0 spiro atoms. The van der Waals surface area contributed by atoms with Crippen molar-refractivity contribution in [1.82, 2.24) is 37.2 Å². The average molecular weight is 823 g/mol. The van der Waals surface area contributed by atoms with Crippen LogP contribution in [0.15, 0.2) is 0 Å². The van der Waals surface area contributed by atoms with Gasteiger partial charge in [-0.25, -0.2) is 4.79 Å². The van der Waals surface area contributed by atoms with Crippen LogP contribution in [0.1, 0.15) is 25.7 Å². The summed E-state index contributed by atoms with van der Waals surface area (Å²) in [6.07, 6.45) is -3.57. The van der Waals surface area contributed by atoms with E-state index < -0.39 is 171 Å². The van der Waals surface area contributed by atoms with Crippen LogP contribution in [-0.2, 0) is 57.5 Å². The van der Waals surface area contributed by atoms with E-state index in [-0.39, 0.29) is 0 Å². The molecule has 29 nitrogen and oxygen atoms in total. The number of carbonyl (C=O) groups is 12. The Bertz CT molecular complexity index is 1550. The molecule has 8 atom stereocenters. The van der Waals surface area contributed by atoms with Gasteiger partial charge in [-0.05, 0) is 0 Å². The highest BCUT2D eigenvalue weighted by atomic mass is 16.4. The summed E-state index contributed by atoms with van der Waals surface area (Å²) in [6.45, 7) is -4.69. The van der Waals surface area contributed by atoms with Crippen molar-refractivity contribution < 1.29 is 83.1 Å². The van der Waals surface area contributed by atoms with Gasteiger partial charge >= 0.3 is 5.97 Å². The summed E-state index contributed by atoms with van der Waals surface area (Å²) in [7, 11) is 0. The zero-order valence-electron chi connectivity index (χ0n) is 29.8. The van der Waals surface area contributed by atoms with E-state index >= 15 is 0 Å². The second kappa shape index (κ2) is 24.8. The van der Waals surface area contributed by atoms with Crippen LogP contribution in [0.3, 0.4) is 0 Å². The lowest BCUT2D eigenvalue weighted by Gasteiger charge is -2.26. The number of nitrogens with two attached hydrogens (primary N) is 5. The standard InChI is InChI=1S/C28H46N12O17/c29-9(1-17(30)45)21(49)37-13(5-41)25(53)34-10(2-18(31)46)22(50)38-14(6-42)26(54)35-11(3-19(32)47)23(51)39-15(7-43)27(55)36-12(4-20(33)48)24(52)40-16(8-44)28(56)57/h9-16,41-44H,1-8,29H2,(H2,30,45)(H2,31,46)(H2,32,47)(H2,33,48)(H,34,53)(H,35,54)(H,36,55)(H,37,49)(H,38,50)(H,39,51)(H,40,52)(H,56,57)/t9-,10-,11-,12-,13-,14-,15-,16-/m0/s1. The molecule has 0 saturated carbocycles. The first-order chi connectivity index (χ1) is 26.5. The van der Waals surface area contributed by atoms with Crippen LogP contribution in [0.2, 0.25) is 0 Å². The van der Waals surface area contributed by atoms with Gasteiger partial charge < -0.3 is 91.4 Å². The van der Waals surface area contributed by atoms with Crippen molar-refractivity contribution in [3.8, 4) is 0 Å². The number of nitrogens with one attached hydrogen (secondary N) is 7. The van der Waals surface area contributed by atoms with E-state index in [0.29, 0.717) is 0 Å². The molecule has 0 radical (unpaired) electrons. The Morgan fingerprint density at radius 1 is 0.351 bits per heavy atom. The van der Waals surface area contributed by atoms with Crippen molar-refractivity contribution in [2.24, 2.45) is 28.7 Å². The fraction of sp³-hybridized carbons (Fsp3) is 0.571. The first kappa shape index (κ1) is 50.4. The molecule has 0 heterocycles.